The van der Waals surface area contributed by atoms with E-state index in [1.807, 2.05) is 5.38 Å². The van der Waals surface area contributed by atoms with Crippen molar-refractivity contribution in [3.63, 3.8) is 0 Å². The van der Waals surface area contributed by atoms with Gasteiger partial charge in [0, 0.05) is 30.5 Å². The van der Waals surface area contributed by atoms with Gasteiger partial charge in [-0.1, -0.05) is 0 Å². The van der Waals surface area contributed by atoms with E-state index in [1.165, 1.54) is 18.4 Å². The maximum atomic E-state index is 11.5. The molecule has 6 nitrogen and oxygen atoms in total. The minimum atomic E-state index is -0.369. The number of nitrogens with one attached hydrogen (secondary N) is 2. The Kier molecular flexibility index (Phi) is 6.59. The first-order chi connectivity index (χ1) is 9.13. The van der Waals surface area contributed by atoms with Crippen LogP contribution in [0.4, 0.5) is 0 Å². The van der Waals surface area contributed by atoms with Crippen molar-refractivity contribution in [3.8, 4) is 0 Å². The second kappa shape index (κ2) is 8.25. The molecule has 0 unspecified atom stereocenters. The fourth-order valence-electron chi connectivity index (χ4n) is 1.28. The molecule has 0 atom stereocenters. The van der Waals surface area contributed by atoms with Gasteiger partial charge in [-0.25, -0.2) is 0 Å². The van der Waals surface area contributed by atoms with Gasteiger partial charge in [0.05, 0.1) is 13.5 Å². The second-order valence-corrected chi connectivity index (χ2v) is 4.47. The number of thiophene rings is 1. The van der Waals surface area contributed by atoms with Crippen molar-refractivity contribution in [3.05, 3.63) is 22.4 Å². The van der Waals surface area contributed by atoms with Crippen LogP contribution in [-0.2, 0) is 14.3 Å². The van der Waals surface area contributed by atoms with Crippen LogP contribution in [-0.4, -0.2) is 38.0 Å². The number of carbonyl (C=O) groups is 3. The first-order valence-electron chi connectivity index (χ1n) is 5.77. The predicted octanol–water partition coefficient (Wildman–Crippen LogP) is 0.547. The van der Waals surface area contributed by atoms with Gasteiger partial charge < -0.3 is 15.4 Å². The standard InChI is InChI=1S/C12H16N2O4S/c1-18-11(16)3-6-13-10(15)2-5-14-12(17)9-4-7-19-8-9/h4,7-8H,2-3,5-6H2,1H3,(H,13,15)(H,14,17). The molecule has 0 aliphatic carbocycles. The van der Waals surface area contributed by atoms with Gasteiger partial charge in [0.25, 0.3) is 5.91 Å². The monoisotopic (exact) mass is 284 g/mol. The van der Waals surface area contributed by atoms with E-state index in [4.69, 9.17) is 0 Å². The lowest BCUT2D eigenvalue weighted by Gasteiger charge is -2.05. The average Bonchev–Trinajstić information content (AvgIpc) is 2.92. The molecule has 0 aliphatic rings. The van der Waals surface area contributed by atoms with Gasteiger partial charge in [-0.15, -0.1) is 0 Å². The van der Waals surface area contributed by atoms with E-state index in [9.17, 15) is 14.4 Å². The smallest absolute Gasteiger partial charge is 0.307 e. The minimum absolute atomic E-state index is 0.142. The summed E-state index contributed by atoms with van der Waals surface area (Å²) in [6.45, 7) is 0.503. The molecule has 0 radical (unpaired) electrons. The van der Waals surface area contributed by atoms with E-state index >= 15 is 0 Å². The Morgan fingerprint density at radius 2 is 1.95 bits per heavy atom. The number of rotatable bonds is 7. The van der Waals surface area contributed by atoms with Crippen molar-refractivity contribution >= 4 is 29.1 Å². The van der Waals surface area contributed by atoms with Crippen LogP contribution in [0.15, 0.2) is 16.8 Å². The summed E-state index contributed by atoms with van der Waals surface area (Å²) in [4.78, 5) is 33.7. The average molecular weight is 284 g/mol. The molecule has 1 aromatic rings. The molecule has 1 rings (SSSR count). The van der Waals surface area contributed by atoms with Crippen LogP contribution >= 0.6 is 11.3 Å². The Morgan fingerprint density at radius 1 is 1.21 bits per heavy atom. The first-order valence-corrected chi connectivity index (χ1v) is 6.71. The lowest BCUT2D eigenvalue weighted by molar-refractivity contribution is -0.140. The third-order valence-electron chi connectivity index (χ3n) is 2.30. The highest BCUT2D eigenvalue weighted by atomic mass is 32.1. The van der Waals surface area contributed by atoms with E-state index < -0.39 is 0 Å². The van der Waals surface area contributed by atoms with Crippen molar-refractivity contribution in [2.24, 2.45) is 0 Å². The zero-order chi connectivity index (χ0) is 14.1. The van der Waals surface area contributed by atoms with Crippen LogP contribution in [0, 0.1) is 0 Å². The predicted molar refractivity (Wildman–Crippen MR) is 70.9 cm³/mol. The first kappa shape index (κ1) is 15.2. The molecular formula is C12H16N2O4S. The molecule has 0 bridgehead atoms. The molecule has 0 saturated carbocycles. The van der Waals surface area contributed by atoms with E-state index in [0.29, 0.717) is 5.56 Å². The molecule has 104 valence electrons. The van der Waals surface area contributed by atoms with Gasteiger partial charge in [0.1, 0.15) is 0 Å². The van der Waals surface area contributed by atoms with Crippen LogP contribution in [0.5, 0.6) is 0 Å². The van der Waals surface area contributed by atoms with Gasteiger partial charge in [-0.3, -0.25) is 14.4 Å². The van der Waals surface area contributed by atoms with Crippen LogP contribution in [0.2, 0.25) is 0 Å². The van der Waals surface area contributed by atoms with Crippen molar-refractivity contribution in [2.75, 3.05) is 20.2 Å². The summed E-state index contributed by atoms with van der Waals surface area (Å²) >= 11 is 1.44. The summed E-state index contributed by atoms with van der Waals surface area (Å²) in [5, 5.41) is 8.76. The Labute approximate surface area is 115 Å². The number of esters is 1. The van der Waals surface area contributed by atoms with E-state index in [0.717, 1.165) is 0 Å². The molecule has 19 heavy (non-hydrogen) atoms. The molecule has 0 saturated heterocycles. The van der Waals surface area contributed by atoms with Gasteiger partial charge in [0.2, 0.25) is 5.91 Å². The maximum Gasteiger partial charge on any atom is 0.307 e. The number of amides is 2. The van der Waals surface area contributed by atoms with Gasteiger partial charge in [0.15, 0.2) is 0 Å². The highest BCUT2D eigenvalue weighted by Gasteiger charge is 2.07. The molecule has 1 aromatic heterocycles. The van der Waals surface area contributed by atoms with Crippen molar-refractivity contribution in [2.45, 2.75) is 12.8 Å². The summed E-state index contributed by atoms with van der Waals surface area (Å²) in [5.74, 6) is -0.774. The summed E-state index contributed by atoms with van der Waals surface area (Å²) in [7, 11) is 1.30. The SMILES string of the molecule is COC(=O)CCNC(=O)CCNC(=O)c1ccsc1. The fraction of sp³-hybridized carbons (Fsp3) is 0.417. The molecule has 2 N–H and O–H groups in total. The van der Waals surface area contributed by atoms with Gasteiger partial charge >= 0.3 is 5.97 Å². The Balaban J connectivity index is 2.10. The van der Waals surface area contributed by atoms with E-state index in [2.05, 4.69) is 15.4 Å². The van der Waals surface area contributed by atoms with E-state index in [1.54, 1.807) is 11.4 Å². The summed E-state index contributed by atoms with van der Waals surface area (Å²) in [6, 6.07) is 1.72. The Bertz CT molecular complexity index is 431. The topological polar surface area (TPSA) is 84.5 Å². The van der Waals surface area contributed by atoms with Crippen LogP contribution < -0.4 is 10.6 Å². The van der Waals surface area contributed by atoms with Gasteiger partial charge in [-0.2, -0.15) is 11.3 Å². The van der Waals surface area contributed by atoms with Crippen molar-refractivity contribution < 1.29 is 19.1 Å². The van der Waals surface area contributed by atoms with Crippen LogP contribution in [0.3, 0.4) is 0 Å². The maximum absolute atomic E-state index is 11.5. The van der Waals surface area contributed by atoms with Crippen LogP contribution in [0.1, 0.15) is 23.2 Å². The van der Waals surface area contributed by atoms with Gasteiger partial charge in [-0.05, 0) is 11.4 Å². The number of hydrogen-bond acceptors (Lipinski definition) is 5. The zero-order valence-electron chi connectivity index (χ0n) is 10.6. The summed E-state index contributed by atoms with van der Waals surface area (Å²) in [6.07, 6.45) is 0.320. The molecule has 0 aliphatic heterocycles. The lowest BCUT2D eigenvalue weighted by Crippen LogP contribution is -2.31. The summed E-state index contributed by atoms with van der Waals surface area (Å²) < 4.78 is 4.44. The third kappa shape index (κ3) is 6.01. The zero-order valence-corrected chi connectivity index (χ0v) is 11.4. The number of hydrogen-bond donors (Lipinski definition) is 2. The highest BCUT2D eigenvalue weighted by Crippen LogP contribution is 2.04. The molecule has 0 aromatic carbocycles. The molecular weight excluding hydrogens is 268 g/mol. The Morgan fingerprint density at radius 3 is 2.58 bits per heavy atom. The molecule has 0 spiro atoms. The molecule has 0 fully saturated rings. The number of carbonyl (C=O) groups excluding carboxylic acids is 3. The summed E-state index contributed by atoms with van der Waals surface area (Å²) in [5.41, 5.74) is 0.594. The quantitative estimate of drug-likeness (QED) is 0.716. The lowest BCUT2D eigenvalue weighted by atomic mass is 10.3. The molecule has 2 amide bonds. The third-order valence-corrected chi connectivity index (χ3v) is 2.98. The number of ether oxygens (including phenoxy) is 1. The van der Waals surface area contributed by atoms with Crippen LogP contribution in [0.25, 0.3) is 0 Å². The number of methoxy groups -OCH3 is 1. The highest BCUT2D eigenvalue weighted by molar-refractivity contribution is 7.08. The second-order valence-electron chi connectivity index (χ2n) is 3.69. The van der Waals surface area contributed by atoms with E-state index in [-0.39, 0.29) is 43.7 Å². The molecule has 1 heterocycles. The largest absolute Gasteiger partial charge is 0.469 e. The Hall–Kier alpha value is -1.89. The van der Waals surface area contributed by atoms with Crippen molar-refractivity contribution in [1.82, 2.24) is 10.6 Å². The fourth-order valence-corrected chi connectivity index (χ4v) is 1.92. The molecule has 7 heteroatoms. The normalized spacial score (nSPS) is 9.74. The van der Waals surface area contributed by atoms with Crippen molar-refractivity contribution in [1.29, 1.82) is 0 Å². The minimum Gasteiger partial charge on any atom is -0.469 e.